The molecule has 8 nitrogen and oxygen atoms in total. The third-order valence-corrected chi connectivity index (χ3v) is 5.61. The third kappa shape index (κ3) is 3.79. The van der Waals surface area contributed by atoms with Gasteiger partial charge in [-0.25, -0.2) is 14.2 Å². The molecule has 0 aromatic carbocycles. The first kappa shape index (κ1) is 20.1. The van der Waals surface area contributed by atoms with Gasteiger partial charge in [-0.2, -0.15) is 0 Å². The van der Waals surface area contributed by atoms with E-state index in [1.807, 2.05) is 11.0 Å². The largest absolute Gasteiger partial charge is 0.340 e. The summed E-state index contributed by atoms with van der Waals surface area (Å²) in [6, 6.07) is 4.88. The van der Waals surface area contributed by atoms with E-state index in [0.717, 1.165) is 36.5 Å². The lowest BCUT2D eigenvalue weighted by Gasteiger charge is -2.32. The quantitative estimate of drug-likeness (QED) is 0.791. The number of nitrogens with one attached hydrogen (secondary N) is 2. The van der Waals surface area contributed by atoms with E-state index >= 15 is 0 Å². The number of amides is 2. The standard InChI is InChI=1S/C21H25FN6O2/c1-24-21(30)28-9-6-17(11-18(28)23)27-8-2-4-14-10-15(12-25-19(14)27)20(29)26-7-3-5-16(22)13-26/h6,9-12,16,23H,2-5,7-8,13H2,1H3,(H,24,30)/t16-/m0/s1. The van der Waals surface area contributed by atoms with E-state index in [0.29, 0.717) is 24.9 Å². The number of hydrogen-bond acceptors (Lipinski definition) is 5. The Morgan fingerprint density at radius 3 is 2.83 bits per heavy atom. The number of aryl methyl sites for hydroxylation is 1. The van der Waals surface area contributed by atoms with Crippen LogP contribution in [0.15, 0.2) is 30.6 Å². The van der Waals surface area contributed by atoms with Gasteiger partial charge in [0.05, 0.1) is 12.1 Å². The van der Waals surface area contributed by atoms with Gasteiger partial charge in [-0.15, -0.1) is 0 Å². The monoisotopic (exact) mass is 412 g/mol. The predicted octanol–water partition coefficient (Wildman–Crippen LogP) is 2.21. The van der Waals surface area contributed by atoms with Crippen LogP contribution in [0.4, 0.5) is 20.7 Å². The molecular weight excluding hydrogens is 387 g/mol. The number of hydrogen-bond donors (Lipinski definition) is 2. The molecule has 2 aromatic rings. The second-order valence-corrected chi connectivity index (χ2v) is 7.65. The van der Waals surface area contributed by atoms with Crippen molar-refractivity contribution in [3.05, 3.63) is 47.2 Å². The molecule has 1 fully saturated rings. The van der Waals surface area contributed by atoms with Crippen LogP contribution in [0.2, 0.25) is 0 Å². The van der Waals surface area contributed by atoms with Crippen molar-refractivity contribution < 1.29 is 14.0 Å². The number of likely N-dealkylation sites (tertiary alicyclic amines) is 1. The molecule has 2 N–H and O–H groups in total. The summed E-state index contributed by atoms with van der Waals surface area (Å²) >= 11 is 0. The number of alkyl halides is 1. The maximum Gasteiger partial charge on any atom is 0.326 e. The van der Waals surface area contributed by atoms with Crippen molar-refractivity contribution in [3.63, 3.8) is 0 Å². The van der Waals surface area contributed by atoms with E-state index in [1.165, 1.54) is 11.6 Å². The summed E-state index contributed by atoms with van der Waals surface area (Å²) in [5.74, 6) is 0.571. The van der Waals surface area contributed by atoms with Gasteiger partial charge in [-0.1, -0.05) is 0 Å². The normalized spacial score (nSPS) is 18.7. The highest BCUT2D eigenvalue weighted by molar-refractivity contribution is 5.94. The van der Waals surface area contributed by atoms with E-state index in [4.69, 9.17) is 5.41 Å². The summed E-state index contributed by atoms with van der Waals surface area (Å²) < 4.78 is 14.9. The highest BCUT2D eigenvalue weighted by atomic mass is 19.1. The Morgan fingerprint density at radius 2 is 2.10 bits per heavy atom. The summed E-state index contributed by atoms with van der Waals surface area (Å²) in [4.78, 5) is 32.7. The Bertz CT molecular complexity index is 1040. The summed E-state index contributed by atoms with van der Waals surface area (Å²) in [5, 5.41) is 10.6. The molecule has 0 spiro atoms. The molecule has 0 bridgehead atoms. The first-order valence-corrected chi connectivity index (χ1v) is 10.2. The summed E-state index contributed by atoms with van der Waals surface area (Å²) in [6.07, 6.45) is 5.01. The van der Waals surface area contributed by atoms with Gasteiger partial charge in [0.25, 0.3) is 5.91 Å². The zero-order valence-corrected chi connectivity index (χ0v) is 16.9. The number of halogens is 1. The van der Waals surface area contributed by atoms with E-state index in [9.17, 15) is 14.0 Å². The number of fused-ring (bicyclic) bond motifs is 1. The molecule has 30 heavy (non-hydrogen) atoms. The second-order valence-electron chi connectivity index (χ2n) is 7.65. The van der Waals surface area contributed by atoms with Crippen LogP contribution in [0, 0.1) is 5.41 Å². The lowest BCUT2D eigenvalue weighted by Crippen LogP contribution is -2.41. The summed E-state index contributed by atoms with van der Waals surface area (Å²) in [6.45, 7) is 1.44. The smallest absolute Gasteiger partial charge is 0.326 e. The van der Waals surface area contributed by atoms with Crippen LogP contribution >= 0.6 is 0 Å². The number of anilines is 2. The molecule has 0 saturated carbocycles. The first-order valence-electron chi connectivity index (χ1n) is 10.2. The molecule has 2 amide bonds. The lowest BCUT2D eigenvalue weighted by molar-refractivity contribution is 0.0635. The van der Waals surface area contributed by atoms with Crippen molar-refractivity contribution in [2.75, 3.05) is 31.6 Å². The molecule has 2 aliphatic heterocycles. The van der Waals surface area contributed by atoms with Crippen molar-refractivity contribution >= 4 is 23.4 Å². The molecule has 0 radical (unpaired) electrons. The number of rotatable bonds is 2. The minimum Gasteiger partial charge on any atom is -0.340 e. The molecule has 158 valence electrons. The van der Waals surface area contributed by atoms with Crippen LogP contribution in [0.3, 0.4) is 0 Å². The fourth-order valence-corrected chi connectivity index (χ4v) is 4.08. The Hall–Kier alpha value is -3.23. The van der Waals surface area contributed by atoms with Crippen LogP contribution in [0.5, 0.6) is 0 Å². The van der Waals surface area contributed by atoms with E-state index in [-0.39, 0.29) is 24.0 Å². The van der Waals surface area contributed by atoms with Crippen molar-refractivity contribution in [3.8, 4) is 0 Å². The number of piperidine rings is 1. The zero-order chi connectivity index (χ0) is 21.3. The predicted molar refractivity (Wildman–Crippen MR) is 110 cm³/mol. The molecule has 1 atom stereocenters. The Kier molecular flexibility index (Phi) is 5.52. The fraction of sp³-hybridized carbons (Fsp3) is 0.429. The van der Waals surface area contributed by atoms with Gasteiger partial charge in [0.1, 0.15) is 17.5 Å². The van der Waals surface area contributed by atoms with Gasteiger partial charge in [0.2, 0.25) is 0 Å². The molecule has 2 aromatic heterocycles. The minimum absolute atomic E-state index is 0.0663. The topological polar surface area (TPSA) is 94.3 Å². The molecule has 4 rings (SSSR count). The summed E-state index contributed by atoms with van der Waals surface area (Å²) in [7, 11) is 1.52. The maximum absolute atomic E-state index is 13.7. The highest BCUT2D eigenvalue weighted by Gasteiger charge is 2.26. The highest BCUT2D eigenvalue weighted by Crippen LogP contribution is 2.31. The van der Waals surface area contributed by atoms with Gasteiger partial charge in [0, 0.05) is 44.3 Å². The Morgan fingerprint density at radius 1 is 1.27 bits per heavy atom. The van der Waals surface area contributed by atoms with Crippen LogP contribution in [-0.2, 0) is 6.42 Å². The van der Waals surface area contributed by atoms with Gasteiger partial charge in [-0.05, 0) is 43.4 Å². The average molecular weight is 412 g/mol. The van der Waals surface area contributed by atoms with Crippen molar-refractivity contribution in [1.82, 2.24) is 19.8 Å². The second kappa shape index (κ2) is 8.25. The van der Waals surface area contributed by atoms with Gasteiger partial charge in [-0.3, -0.25) is 14.8 Å². The zero-order valence-electron chi connectivity index (χ0n) is 16.9. The van der Waals surface area contributed by atoms with Gasteiger partial charge in [0.15, 0.2) is 0 Å². The molecular formula is C21H25FN6O2. The van der Waals surface area contributed by atoms with E-state index in [1.54, 1.807) is 29.4 Å². The molecule has 9 heteroatoms. The molecule has 4 heterocycles. The van der Waals surface area contributed by atoms with Gasteiger partial charge < -0.3 is 15.1 Å². The number of carbonyl (C=O) groups is 2. The molecule has 0 aliphatic carbocycles. The Labute approximate surface area is 173 Å². The van der Waals surface area contributed by atoms with Gasteiger partial charge >= 0.3 is 6.03 Å². The third-order valence-electron chi connectivity index (χ3n) is 5.61. The average Bonchev–Trinajstić information content (AvgIpc) is 2.77. The number of nitrogens with zero attached hydrogens (tertiary/aromatic N) is 4. The number of carbonyl (C=O) groups excluding carboxylic acids is 2. The van der Waals surface area contributed by atoms with E-state index < -0.39 is 6.17 Å². The van der Waals surface area contributed by atoms with Crippen molar-refractivity contribution in [1.29, 1.82) is 5.41 Å². The van der Waals surface area contributed by atoms with Crippen LogP contribution < -0.4 is 15.7 Å². The molecule has 0 unspecified atom stereocenters. The number of aromatic nitrogens is 2. The van der Waals surface area contributed by atoms with Crippen LogP contribution in [0.25, 0.3) is 0 Å². The van der Waals surface area contributed by atoms with Crippen molar-refractivity contribution in [2.24, 2.45) is 0 Å². The minimum atomic E-state index is -0.960. The summed E-state index contributed by atoms with van der Waals surface area (Å²) in [5.41, 5.74) is 2.27. The van der Waals surface area contributed by atoms with Crippen molar-refractivity contribution in [2.45, 2.75) is 31.9 Å². The SMILES string of the molecule is CNC(=O)n1ccc(N2CCCc3cc(C(=O)N4CCC[C@H](F)C4)cnc32)cc1=N. The lowest BCUT2D eigenvalue weighted by atomic mass is 10.0. The molecule has 1 saturated heterocycles. The Balaban J connectivity index is 1.61. The maximum atomic E-state index is 13.7. The first-order chi connectivity index (χ1) is 14.5. The fourth-order valence-electron chi connectivity index (χ4n) is 4.08. The number of pyridine rings is 2. The van der Waals surface area contributed by atoms with Crippen LogP contribution in [-0.4, -0.2) is 59.2 Å². The van der Waals surface area contributed by atoms with E-state index in [2.05, 4.69) is 10.3 Å². The molecule has 2 aliphatic rings. The van der Waals surface area contributed by atoms with Crippen LogP contribution in [0.1, 0.15) is 35.2 Å².